The molecule has 2 nitrogen and oxygen atoms in total. The Morgan fingerprint density at radius 1 is 1.19 bits per heavy atom. The highest BCUT2D eigenvalue weighted by atomic mass is 35.5. The van der Waals surface area contributed by atoms with Gasteiger partial charge in [-0.1, -0.05) is 41.9 Å². The van der Waals surface area contributed by atoms with Gasteiger partial charge in [0.1, 0.15) is 5.82 Å². The second-order valence-electron chi connectivity index (χ2n) is 5.27. The van der Waals surface area contributed by atoms with Crippen LogP contribution in [-0.4, -0.2) is 11.7 Å². The van der Waals surface area contributed by atoms with Crippen molar-refractivity contribution in [1.82, 2.24) is 0 Å². The third-order valence-electron chi connectivity index (χ3n) is 3.89. The number of halogens is 2. The zero-order valence-corrected chi connectivity index (χ0v) is 12.9. The van der Waals surface area contributed by atoms with Gasteiger partial charge in [0, 0.05) is 18.0 Å². The molecule has 0 aliphatic heterocycles. The number of rotatable bonds is 4. The van der Waals surface area contributed by atoms with Crippen molar-refractivity contribution in [1.29, 1.82) is 0 Å². The summed E-state index contributed by atoms with van der Waals surface area (Å²) in [7, 11) is 0. The number of hydrogen-bond donors (Lipinski definition) is 2. The minimum atomic E-state index is -0.944. The fourth-order valence-electron chi connectivity index (χ4n) is 2.41. The van der Waals surface area contributed by atoms with Crippen molar-refractivity contribution in [3.63, 3.8) is 0 Å². The lowest BCUT2D eigenvalue weighted by Crippen LogP contribution is -2.20. The molecule has 21 heavy (non-hydrogen) atoms. The van der Waals surface area contributed by atoms with Gasteiger partial charge in [0.05, 0.1) is 11.1 Å². The van der Waals surface area contributed by atoms with Crippen LogP contribution in [0.3, 0.4) is 0 Å². The first-order chi connectivity index (χ1) is 9.95. The molecule has 2 rings (SSSR count). The molecule has 0 saturated carbocycles. The van der Waals surface area contributed by atoms with Crippen molar-refractivity contribution in [2.75, 3.05) is 6.54 Å². The van der Waals surface area contributed by atoms with E-state index in [-0.39, 0.29) is 17.5 Å². The lowest BCUT2D eigenvalue weighted by Gasteiger charge is -2.24. The lowest BCUT2D eigenvalue weighted by molar-refractivity contribution is 0.147. The molecular weight excluding hydrogens is 289 g/mol. The van der Waals surface area contributed by atoms with Gasteiger partial charge in [-0.3, -0.25) is 0 Å². The van der Waals surface area contributed by atoms with Crippen molar-refractivity contribution in [3.8, 4) is 0 Å². The average Bonchev–Trinajstić information content (AvgIpc) is 2.46. The van der Waals surface area contributed by atoms with E-state index in [1.54, 1.807) is 6.07 Å². The van der Waals surface area contributed by atoms with Gasteiger partial charge in [0.15, 0.2) is 0 Å². The molecule has 0 aliphatic carbocycles. The van der Waals surface area contributed by atoms with E-state index in [2.05, 4.69) is 0 Å². The van der Waals surface area contributed by atoms with Gasteiger partial charge in [-0.05, 0) is 36.6 Å². The van der Waals surface area contributed by atoms with E-state index in [0.29, 0.717) is 5.56 Å². The molecule has 0 aromatic heterocycles. The zero-order chi connectivity index (χ0) is 15.6. The fourth-order valence-corrected chi connectivity index (χ4v) is 2.65. The second kappa shape index (κ2) is 6.56. The number of aryl methyl sites for hydroxylation is 2. The lowest BCUT2D eigenvalue weighted by atomic mass is 9.87. The summed E-state index contributed by atoms with van der Waals surface area (Å²) in [5, 5.41) is 10.5. The minimum absolute atomic E-state index is 0.0488. The van der Waals surface area contributed by atoms with E-state index >= 15 is 0 Å². The van der Waals surface area contributed by atoms with Crippen molar-refractivity contribution < 1.29 is 9.50 Å². The van der Waals surface area contributed by atoms with Crippen LogP contribution in [0.5, 0.6) is 0 Å². The third-order valence-corrected chi connectivity index (χ3v) is 4.29. The number of aliphatic hydroxyl groups excluding tert-OH is 1. The minimum Gasteiger partial charge on any atom is -0.388 e. The monoisotopic (exact) mass is 307 g/mol. The largest absolute Gasteiger partial charge is 0.388 e. The van der Waals surface area contributed by atoms with Crippen LogP contribution in [0.4, 0.5) is 4.39 Å². The van der Waals surface area contributed by atoms with Crippen LogP contribution in [0.1, 0.15) is 34.3 Å². The Bertz CT molecular complexity index is 645. The maximum absolute atomic E-state index is 13.6. The first kappa shape index (κ1) is 16.0. The highest BCUT2D eigenvalue weighted by Gasteiger charge is 2.24. The highest BCUT2D eigenvalue weighted by molar-refractivity contribution is 6.31. The Morgan fingerprint density at radius 2 is 1.90 bits per heavy atom. The van der Waals surface area contributed by atoms with Crippen LogP contribution >= 0.6 is 11.6 Å². The standard InChI is InChI=1S/C17H19ClFNO/c1-10-6-7-12(8-11(10)2)14(9-20)17(21)13-4-3-5-15(19)16(13)18/h3-8,14,17,21H,9,20H2,1-2H3. The molecule has 3 N–H and O–H groups in total. The number of benzene rings is 2. The molecule has 0 fully saturated rings. The molecule has 112 valence electrons. The molecule has 0 spiro atoms. The molecule has 0 aliphatic rings. The normalized spacial score (nSPS) is 14.0. The molecule has 0 amide bonds. The van der Waals surface area contributed by atoms with Crippen LogP contribution in [0.2, 0.25) is 5.02 Å². The molecule has 0 saturated heterocycles. The van der Waals surface area contributed by atoms with E-state index in [0.717, 1.165) is 11.1 Å². The van der Waals surface area contributed by atoms with Gasteiger partial charge >= 0.3 is 0 Å². The Hall–Kier alpha value is -1.42. The van der Waals surface area contributed by atoms with Gasteiger partial charge in [0.25, 0.3) is 0 Å². The maximum atomic E-state index is 13.6. The summed E-state index contributed by atoms with van der Waals surface area (Å²) in [6, 6.07) is 10.4. The van der Waals surface area contributed by atoms with Crippen LogP contribution in [0, 0.1) is 19.7 Å². The topological polar surface area (TPSA) is 46.2 Å². The summed E-state index contributed by atoms with van der Waals surface area (Å²) in [6.45, 7) is 4.28. The van der Waals surface area contributed by atoms with E-state index in [1.807, 2.05) is 32.0 Å². The Morgan fingerprint density at radius 3 is 2.52 bits per heavy atom. The number of aliphatic hydroxyl groups is 1. The number of hydrogen-bond acceptors (Lipinski definition) is 2. The van der Waals surface area contributed by atoms with Gasteiger partial charge in [-0.2, -0.15) is 0 Å². The summed E-state index contributed by atoms with van der Waals surface area (Å²) < 4.78 is 13.6. The first-order valence-corrected chi connectivity index (χ1v) is 7.22. The Balaban J connectivity index is 2.40. The van der Waals surface area contributed by atoms with E-state index in [4.69, 9.17) is 17.3 Å². The van der Waals surface area contributed by atoms with Crippen LogP contribution in [-0.2, 0) is 0 Å². The molecule has 2 aromatic carbocycles. The summed E-state index contributed by atoms with van der Waals surface area (Å²) in [5.74, 6) is -0.868. The predicted octanol–water partition coefficient (Wildman–Crippen LogP) is 3.87. The van der Waals surface area contributed by atoms with E-state index in [9.17, 15) is 9.50 Å². The number of nitrogens with two attached hydrogens (primary N) is 1. The Labute approximate surface area is 129 Å². The molecule has 0 bridgehead atoms. The smallest absolute Gasteiger partial charge is 0.142 e. The molecule has 0 heterocycles. The predicted molar refractivity (Wildman–Crippen MR) is 84.1 cm³/mol. The van der Waals surface area contributed by atoms with Crippen LogP contribution in [0.25, 0.3) is 0 Å². The van der Waals surface area contributed by atoms with Gasteiger partial charge in [-0.25, -0.2) is 4.39 Å². The first-order valence-electron chi connectivity index (χ1n) is 6.85. The second-order valence-corrected chi connectivity index (χ2v) is 5.65. The van der Waals surface area contributed by atoms with Crippen molar-refractivity contribution in [3.05, 3.63) is 69.5 Å². The average molecular weight is 308 g/mol. The third kappa shape index (κ3) is 3.26. The van der Waals surface area contributed by atoms with Gasteiger partial charge in [-0.15, -0.1) is 0 Å². The van der Waals surface area contributed by atoms with Gasteiger partial charge in [0.2, 0.25) is 0 Å². The van der Waals surface area contributed by atoms with Crippen LogP contribution < -0.4 is 5.73 Å². The molecule has 0 radical (unpaired) electrons. The van der Waals surface area contributed by atoms with E-state index < -0.39 is 11.9 Å². The molecule has 2 unspecified atom stereocenters. The Kier molecular flexibility index (Phi) is 4.99. The zero-order valence-electron chi connectivity index (χ0n) is 12.1. The maximum Gasteiger partial charge on any atom is 0.142 e. The highest BCUT2D eigenvalue weighted by Crippen LogP contribution is 2.35. The summed E-state index contributed by atoms with van der Waals surface area (Å²) in [4.78, 5) is 0. The van der Waals surface area contributed by atoms with E-state index in [1.165, 1.54) is 17.7 Å². The molecule has 4 heteroatoms. The fraction of sp³-hybridized carbons (Fsp3) is 0.294. The van der Waals surface area contributed by atoms with Crippen molar-refractivity contribution in [2.45, 2.75) is 25.9 Å². The SMILES string of the molecule is Cc1ccc(C(CN)C(O)c2cccc(F)c2Cl)cc1C. The molecule has 2 aromatic rings. The summed E-state index contributed by atoms with van der Waals surface area (Å²) >= 11 is 5.96. The van der Waals surface area contributed by atoms with Crippen molar-refractivity contribution >= 4 is 11.6 Å². The van der Waals surface area contributed by atoms with Gasteiger partial charge < -0.3 is 10.8 Å². The van der Waals surface area contributed by atoms with Crippen molar-refractivity contribution in [2.24, 2.45) is 5.73 Å². The summed E-state index contributed by atoms with van der Waals surface area (Å²) in [6.07, 6.45) is -0.944. The quantitative estimate of drug-likeness (QED) is 0.900. The van der Waals surface area contributed by atoms with Crippen LogP contribution in [0.15, 0.2) is 36.4 Å². The molecule has 2 atom stereocenters. The summed E-state index contributed by atoms with van der Waals surface area (Å²) in [5.41, 5.74) is 9.42. The molecular formula is C17H19ClFNO.